The van der Waals surface area contributed by atoms with Gasteiger partial charge >= 0.3 is 0 Å². The Labute approximate surface area is 213 Å². The Hall–Kier alpha value is -3.31. The number of hydrogen-bond donors (Lipinski definition) is 2. The van der Waals surface area contributed by atoms with Crippen molar-refractivity contribution in [1.82, 2.24) is 4.90 Å². The highest BCUT2D eigenvalue weighted by molar-refractivity contribution is 5.95. The van der Waals surface area contributed by atoms with Gasteiger partial charge in [0.2, 0.25) is 0 Å². The summed E-state index contributed by atoms with van der Waals surface area (Å²) in [4.78, 5) is 2.41. The van der Waals surface area contributed by atoms with E-state index in [4.69, 9.17) is 4.74 Å². The molecule has 36 heavy (non-hydrogen) atoms. The van der Waals surface area contributed by atoms with Gasteiger partial charge in [-0.25, -0.2) is 4.39 Å². The van der Waals surface area contributed by atoms with Crippen molar-refractivity contribution in [3.63, 3.8) is 0 Å². The normalized spacial score (nSPS) is 17.5. The first-order valence-corrected chi connectivity index (χ1v) is 12.9. The largest absolute Gasteiger partial charge is 0.508 e. The zero-order valence-electron chi connectivity index (χ0n) is 21.6. The number of ether oxygens (including phenoxy) is 1. The first-order valence-electron chi connectivity index (χ1n) is 12.9. The lowest BCUT2D eigenvalue weighted by Crippen LogP contribution is -2.47. The summed E-state index contributed by atoms with van der Waals surface area (Å²) in [5, 5.41) is 19.8. The van der Waals surface area contributed by atoms with Crippen LogP contribution in [0.5, 0.6) is 17.2 Å². The maximum absolute atomic E-state index is 15.3. The smallest absolute Gasteiger partial charge is 0.150 e. The summed E-state index contributed by atoms with van der Waals surface area (Å²) in [6.07, 6.45) is 1.36. The van der Waals surface area contributed by atoms with Crippen LogP contribution in [0, 0.1) is 11.7 Å². The number of allylic oxidation sites excluding steroid dienone is 1. The third kappa shape index (κ3) is 5.26. The zero-order valence-corrected chi connectivity index (χ0v) is 21.6. The van der Waals surface area contributed by atoms with Gasteiger partial charge in [-0.15, -0.1) is 0 Å². The summed E-state index contributed by atoms with van der Waals surface area (Å²) >= 11 is 0. The molecule has 0 bridgehead atoms. The molecule has 0 aromatic heterocycles. The molecule has 3 aromatic rings. The monoisotopic (exact) mass is 489 g/mol. The molecule has 5 heteroatoms. The van der Waals surface area contributed by atoms with Gasteiger partial charge in [0, 0.05) is 30.3 Å². The molecule has 1 unspecified atom stereocenters. The molecule has 2 aliphatic rings. The number of halogens is 1. The molecule has 1 fully saturated rings. The lowest BCUT2D eigenvalue weighted by molar-refractivity contribution is 0.100. The highest BCUT2D eigenvalue weighted by Crippen LogP contribution is 2.47. The number of fused-ring (bicyclic) bond motifs is 1. The SMILES string of the molecule is CC.CCCN1CC(Cc2ccc(C3Oc4cc(O)ccc4C(C)=C3c3ccc(O)cc3)cc2F)C1. The lowest BCUT2D eigenvalue weighted by atomic mass is 9.85. The van der Waals surface area contributed by atoms with E-state index < -0.39 is 6.10 Å². The van der Waals surface area contributed by atoms with Crippen LogP contribution in [0.4, 0.5) is 4.39 Å². The molecule has 2 aliphatic heterocycles. The fraction of sp³-hybridized carbons (Fsp3) is 0.355. The summed E-state index contributed by atoms with van der Waals surface area (Å²) in [7, 11) is 0. The molecule has 5 rings (SSSR count). The Morgan fingerprint density at radius 2 is 1.64 bits per heavy atom. The second-order valence-corrected chi connectivity index (χ2v) is 9.44. The summed E-state index contributed by atoms with van der Waals surface area (Å²) in [5.41, 5.74) is 5.15. The molecular weight excluding hydrogens is 453 g/mol. The van der Waals surface area contributed by atoms with Crippen LogP contribution >= 0.6 is 0 Å². The minimum atomic E-state index is -0.536. The highest BCUT2D eigenvalue weighted by atomic mass is 19.1. The quantitative estimate of drug-likeness (QED) is 0.384. The number of hydrogen-bond acceptors (Lipinski definition) is 4. The third-order valence-electron chi connectivity index (χ3n) is 6.92. The minimum absolute atomic E-state index is 0.123. The Kier molecular flexibility index (Phi) is 8.00. The summed E-state index contributed by atoms with van der Waals surface area (Å²) in [6, 6.07) is 17.5. The molecule has 0 spiro atoms. The van der Waals surface area contributed by atoms with E-state index in [0.29, 0.717) is 11.7 Å². The molecule has 0 amide bonds. The third-order valence-corrected chi connectivity index (χ3v) is 6.92. The van der Waals surface area contributed by atoms with Crippen molar-refractivity contribution < 1.29 is 19.3 Å². The first kappa shape index (κ1) is 25.8. The van der Waals surface area contributed by atoms with Crippen LogP contribution in [0.1, 0.15) is 62.5 Å². The minimum Gasteiger partial charge on any atom is -0.508 e. The fourth-order valence-corrected chi connectivity index (χ4v) is 5.20. The van der Waals surface area contributed by atoms with Gasteiger partial charge in [0.25, 0.3) is 0 Å². The van der Waals surface area contributed by atoms with Crippen LogP contribution in [0.15, 0.2) is 60.7 Å². The average Bonchev–Trinajstić information content (AvgIpc) is 2.85. The molecule has 3 aromatic carbocycles. The number of aromatic hydroxyl groups is 2. The Bertz CT molecular complexity index is 1230. The van der Waals surface area contributed by atoms with Crippen molar-refractivity contribution in [3.8, 4) is 17.2 Å². The van der Waals surface area contributed by atoms with Crippen LogP contribution < -0.4 is 4.74 Å². The van der Waals surface area contributed by atoms with Crippen molar-refractivity contribution in [2.24, 2.45) is 5.92 Å². The van der Waals surface area contributed by atoms with Crippen LogP contribution in [0.25, 0.3) is 11.1 Å². The molecule has 1 saturated heterocycles. The molecule has 0 saturated carbocycles. The topological polar surface area (TPSA) is 52.9 Å². The predicted molar refractivity (Wildman–Crippen MR) is 144 cm³/mol. The first-order chi connectivity index (χ1) is 17.4. The van der Waals surface area contributed by atoms with Gasteiger partial charge in [-0.3, -0.25) is 0 Å². The van der Waals surface area contributed by atoms with Gasteiger partial charge in [-0.1, -0.05) is 45.0 Å². The number of phenolic OH excluding ortho intramolecular Hbond substituents is 2. The average molecular weight is 490 g/mol. The number of nitrogens with zero attached hydrogens (tertiary/aromatic N) is 1. The fourth-order valence-electron chi connectivity index (χ4n) is 5.20. The molecule has 0 radical (unpaired) electrons. The lowest BCUT2D eigenvalue weighted by Gasteiger charge is -2.39. The van der Waals surface area contributed by atoms with Crippen molar-refractivity contribution in [2.45, 2.75) is 46.6 Å². The molecular formula is C31H36FNO3. The Morgan fingerprint density at radius 1 is 0.944 bits per heavy atom. The molecule has 190 valence electrons. The van der Waals surface area contributed by atoms with Gasteiger partial charge in [0.15, 0.2) is 0 Å². The van der Waals surface area contributed by atoms with Crippen molar-refractivity contribution in [2.75, 3.05) is 19.6 Å². The van der Waals surface area contributed by atoms with Crippen molar-refractivity contribution in [1.29, 1.82) is 0 Å². The van der Waals surface area contributed by atoms with Crippen LogP contribution in [0.2, 0.25) is 0 Å². The van der Waals surface area contributed by atoms with E-state index in [1.807, 2.05) is 51.1 Å². The maximum atomic E-state index is 15.3. The van der Waals surface area contributed by atoms with Crippen molar-refractivity contribution >= 4 is 11.1 Å². The predicted octanol–water partition coefficient (Wildman–Crippen LogP) is 7.21. The van der Waals surface area contributed by atoms with Crippen LogP contribution in [-0.4, -0.2) is 34.7 Å². The van der Waals surface area contributed by atoms with E-state index in [0.717, 1.165) is 65.9 Å². The standard InChI is InChI=1S/C29H30FNO3.C2H6/c1-3-12-31-16-19(17-31)13-21-4-5-22(14-26(21)30)29-28(20-6-8-23(32)9-7-20)18(2)25-11-10-24(33)15-27(25)34-29;1-2/h4-11,14-15,19,29,32-33H,3,12-13,16-17H2,1-2H3;1-2H3. The van der Waals surface area contributed by atoms with Gasteiger partial charge in [-0.2, -0.15) is 0 Å². The van der Waals surface area contributed by atoms with E-state index in [1.54, 1.807) is 30.3 Å². The van der Waals surface area contributed by atoms with Crippen molar-refractivity contribution in [3.05, 3.63) is 88.7 Å². The number of rotatable bonds is 6. The molecule has 4 nitrogen and oxygen atoms in total. The summed E-state index contributed by atoms with van der Waals surface area (Å²) < 4.78 is 21.6. The second kappa shape index (κ2) is 11.2. The summed E-state index contributed by atoms with van der Waals surface area (Å²) in [6.45, 7) is 11.4. The second-order valence-electron chi connectivity index (χ2n) is 9.44. The van der Waals surface area contributed by atoms with E-state index in [9.17, 15) is 10.2 Å². The number of benzene rings is 3. The van der Waals surface area contributed by atoms with E-state index in [1.165, 1.54) is 0 Å². The molecule has 2 N–H and O–H groups in total. The van der Waals surface area contributed by atoms with Gasteiger partial charge in [0.05, 0.1) is 0 Å². The zero-order chi connectivity index (χ0) is 25.8. The molecule has 0 aliphatic carbocycles. The van der Waals surface area contributed by atoms with E-state index in [-0.39, 0.29) is 17.3 Å². The number of phenols is 2. The Balaban J connectivity index is 0.00000148. The Morgan fingerprint density at radius 3 is 2.31 bits per heavy atom. The van der Waals surface area contributed by atoms with Crippen LogP contribution in [-0.2, 0) is 6.42 Å². The molecule has 1 atom stereocenters. The van der Waals surface area contributed by atoms with Crippen LogP contribution in [0.3, 0.4) is 0 Å². The van der Waals surface area contributed by atoms with E-state index in [2.05, 4.69) is 11.8 Å². The highest BCUT2D eigenvalue weighted by Gasteiger charge is 2.31. The van der Waals surface area contributed by atoms with Gasteiger partial charge in [-0.05, 0) is 84.8 Å². The summed E-state index contributed by atoms with van der Waals surface area (Å²) in [5.74, 6) is 1.17. The number of likely N-dealkylation sites (tertiary alicyclic amines) is 1. The maximum Gasteiger partial charge on any atom is 0.150 e. The molecule has 2 heterocycles. The van der Waals surface area contributed by atoms with Gasteiger partial charge < -0.3 is 19.8 Å². The van der Waals surface area contributed by atoms with E-state index >= 15 is 4.39 Å². The van der Waals surface area contributed by atoms with Gasteiger partial charge in [0.1, 0.15) is 29.2 Å².